The Bertz CT molecular complexity index is 1090. The van der Waals surface area contributed by atoms with E-state index in [1.807, 2.05) is 34.6 Å². The number of carboxylic acids is 1. The monoisotopic (exact) mass is 516 g/mol. The number of rotatable bonds is 5. The van der Waals surface area contributed by atoms with E-state index in [1.165, 1.54) is 13.0 Å². The van der Waals surface area contributed by atoms with Crippen LogP contribution in [0.15, 0.2) is 22.8 Å². The highest BCUT2D eigenvalue weighted by molar-refractivity contribution is 6.00. The Labute approximate surface area is 220 Å². The molecule has 7 nitrogen and oxygen atoms in total. The molecule has 206 valence electrons. The maximum absolute atomic E-state index is 14.1. The lowest BCUT2D eigenvalue weighted by molar-refractivity contribution is -0.142. The zero-order valence-electron chi connectivity index (χ0n) is 23.3. The van der Waals surface area contributed by atoms with Crippen LogP contribution in [0.3, 0.4) is 0 Å². The number of allylic oxidation sites excluding steroid dienone is 3. The summed E-state index contributed by atoms with van der Waals surface area (Å²) in [7, 11) is 0. The first-order chi connectivity index (χ1) is 16.9. The number of ketones is 2. The van der Waals surface area contributed by atoms with Gasteiger partial charge >= 0.3 is 5.97 Å². The fraction of sp³-hybridized carbons (Fsp3) is 0.767. The van der Waals surface area contributed by atoms with Gasteiger partial charge in [-0.25, -0.2) is 0 Å². The summed E-state index contributed by atoms with van der Waals surface area (Å²) in [6.45, 7) is 13.4. The summed E-state index contributed by atoms with van der Waals surface area (Å²) < 4.78 is 0. The average Bonchev–Trinajstić information content (AvgIpc) is 2.99. The van der Waals surface area contributed by atoms with Gasteiger partial charge in [0.2, 0.25) is 0 Å². The topological polar surface area (TPSA) is 132 Å². The number of carbonyl (C=O) groups is 3. The number of hydrogen-bond donors (Lipinski definition) is 4. The van der Waals surface area contributed by atoms with Gasteiger partial charge in [0.25, 0.3) is 0 Å². The summed E-state index contributed by atoms with van der Waals surface area (Å²) in [5, 5.41) is 43.2. The molecule has 0 aromatic heterocycles. The molecule has 0 aromatic carbocycles. The smallest absolute Gasteiger partial charge is 0.306 e. The molecule has 2 saturated carbocycles. The number of Topliss-reactive ketones (excluding diaryl/α,β-unsaturated/α-hetero) is 1. The Morgan fingerprint density at radius 2 is 1.68 bits per heavy atom. The number of aliphatic hydroxyl groups excluding tert-OH is 3. The molecule has 0 heterocycles. The minimum atomic E-state index is -1.02. The average molecular weight is 517 g/mol. The van der Waals surface area contributed by atoms with Crippen molar-refractivity contribution in [1.82, 2.24) is 0 Å². The third kappa shape index (κ3) is 3.82. The van der Waals surface area contributed by atoms with Crippen LogP contribution in [0.1, 0.15) is 87.0 Å². The molecule has 0 aromatic rings. The summed E-state index contributed by atoms with van der Waals surface area (Å²) in [5.41, 5.74) is -0.477. The SMILES string of the molecule is C/C(=C/C(=O)C[C@@H](C)C(=O)O)C1C[C@H](O)[C@@]2(C)C3=C(C(=O)C[C@]12C)[C@@]1(C)CC[C@H](O)C(C)(C)C1C[C@@H]3O. The first-order valence-corrected chi connectivity index (χ1v) is 13.7. The molecule has 7 heteroatoms. The van der Waals surface area contributed by atoms with Crippen molar-refractivity contribution in [3.8, 4) is 0 Å². The molecule has 0 radical (unpaired) electrons. The number of aliphatic hydroxyl groups is 3. The van der Waals surface area contributed by atoms with E-state index >= 15 is 0 Å². The second kappa shape index (κ2) is 8.85. The molecule has 0 saturated heterocycles. The molecule has 0 spiro atoms. The van der Waals surface area contributed by atoms with Crippen molar-refractivity contribution in [1.29, 1.82) is 0 Å². The Morgan fingerprint density at radius 3 is 2.27 bits per heavy atom. The van der Waals surface area contributed by atoms with Crippen LogP contribution in [-0.4, -0.2) is 56.3 Å². The lowest BCUT2D eigenvalue weighted by atomic mass is 9.42. The van der Waals surface area contributed by atoms with Crippen molar-refractivity contribution >= 4 is 17.5 Å². The minimum absolute atomic E-state index is 0.00820. The molecular weight excluding hydrogens is 472 g/mol. The van der Waals surface area contributed by atoms with Crippen molar-refractivity contribution in [2.45, 2.75) is 105 Å². The number of carboxylic acid groups (broad SMARTS) is 1. The zero-order chi connectivity index (χ0) is 27.9. The molecule has 2 fully saturated rings. The van der Waals surface area contributed by atoms with Gasteiger partial charge in [-0.3, -0.25) is 14.4 Å². The van der Waals surface area contributed by atoms with Crippen LogP contribution >= 0.6 is 0 Å². The van der Waals surface area contributed by atoms with E-state index in [-0.39, 0.29) is 36.2 Å². The van der Waals surface area contributed by atoms with E-state index < -0.39 is 51.9 Å². The van der Waals surface area contributed by atoms with Crippen molar-refractivity contribution in [3.05, 3.63) is 22.8 Å². The Balaban J connectivity index is 1.79. The fourth-order valence-corrected chi connectivity index (χ4v) is 8.96. The molecule has 2 unspecified atom stereocenters. The van der Waals surface area contributed by atoms with Crippen LogP contribution in [0, 0.1) is 39.4 Å². The third-order valence-electron chi connectivity index (χ3n) is 11.4. The van der Waals surface area contributed by atoms with Gasteiger partial charge in [-0.2, -0.15) is 0 Å². The molecule has 37 heavy (non-hydrogen) atoms. The van der Waals surface area contributed by atoms with E-state index in [9.17, 15) is 29.7 Å². The number of hydrogen-bond acceptors (Lipinski definition) is 6. The first kappa shape index (κ1) is 28.2. The normalized spacial score (nSPS) is 44.1. The molecule has 4 aliphatic rings. The predicted octanol–water partition coefficient (Wildman–Crippen LogP) is 3.84. The molecule has 0 bridgehead atoms. The number of fused-ring (bicyclic) bond motifs is 4. The van der Waals surface area contributed by atoms with Crippen LogP contribution in [-0.2, 0) is 14.4 Å². The van der Waals surface area contributed by atoms with E-state index in [2.05, 4.69) is 6.92 Å². The van der Waals surface area contributed by atoms with Gasteiger partial charge in [-0.05, 0) is 72.3 Å². The van der Waals surface area contributed by atoms with E-state index in [0.29, 0.717) is 36.8 Å². The summed E-state index contributed by atoms with van der Waals surface area (Å²) in [6.07, 6.45) is 1.39. The standard InChI is InChI=1S/C30H44O7/c1-15(10-17(31)11-16(2)26(36)37)18-12-23(35)30(7)25-19(32)13-21-27(3,4)22(34)8-9-28(21,5)24(25)20(33)14-29(18,30)6/h10,16,18-19,21-23,32,34-35H,8-9,11-14H2,1-7H3,(H,36,37)/b15-10-/t16-,18?,19+,21?,22+,23+,28+,29-,30+/m1/s1. The van der Waals surface area contributed by atoms with Crippen LogP contribution < -0.4 is 0 Å². The van der Waals surface area contributed by atoms with Crippen LogP contribution in [0.2, 0.25) is 0 Å². The summed E-state index contributed by atoms with van der Waals surface area (Å²) in [5.74, 6) is -2.44. The molecule has 0 aliphatic heterocycles. The predicted molar refractivity (Wildman–Crippen MR) is 138 cm³/mol. The quantitative estimate of drug-likeness (QED) is 0.408. The minimum Gasteiger partial charge on any atom is -0.481 e. The van der Waals surface area contributed by atoms with Gasteiger partial charge < -0.3 is 20.4 Å². The Hall–Kier alpha value is -1.83. The fourth-order valence-electron chi connectivity index (χ4n) is 8.96. The Kier molecular flexibility index (Phi) is 6.74. The second-order valence-corrected chi connectivity index (χ2v) is 13.7. The highest BCUT2D eigenvalue weighted by Crippen LogP contribution is 2.71. The maximum atomic E-state index is 14.1. The maximum Gasteiger partial charge on any atom is 0.306 e. The largest absolute Gasteiger partial charge is 0.481 e. The van der Waals surface area contributed by atoms with Crippen molar-refractivity contribution in [3.63, 3.8) is 0 Å². The van der Waals surface area contributed by atoms with E-state index in [0.717, 1.165) is 5.57 Å². The summed E-state index contributed by atoms with van der Waals surface area (Å²) in [6, 6.07) is 0. The lowest BCUT2D eigenvalue weighted by Gasteiger charge is -2.62. The van der Waals surface area contributed by atoms with Crippen LogP contribution in [0.4, 0.5) is 0 Å². The van der Waals surface area contributed by atoms with Gasteiger partial charge in [0.05, 0.1) is 24.2 Å². The molecule has 4 aliphatic carbocycles. The van der Waals surface area contributed by atoms with Gasteiger partial charge in [-0.15, -0.1) is 0 Å². The zero-order valence-corrected chi connectivity index (χ0v) is 23.3. The molecule has 0 amide bonds. The van der Waals surface area contributed by atoms with Crippen LogP contribution in [0.5, 0.6) is 0 Å². The Morgan fingerprint density at radius 1 is 1.05 bits per heavy atom. The molecule has 4 rings (SSSR count). The highest BCUT2D eigenvalue weighted by atomic mass is 16.4. The highest BCUT2D eigenvalue weighted by Gasteiger charge is 2.69. The molecule has 9 atom stereocenters. The van der Waals surface area contributed by atoms with Gasteiger partial charge in [-0.1, -0.05) is 47.1 Å². The van der Waals surface area contributed by atoms with Crippen LogP contribution in [0.25, 0.3) is 0 Å². The third-order valence-corrected chi connectivity index (χ3v) is 11.4. The van der Waals surface area contributed by atoms with Gasteiger partial charge in [0.1, 0.15) is 0 Å². The van der Waals surface area contributed by atoms with E-state index in [1.54, 1.807) is 0 Å². The number of carbonyl (C=O) groups excluding carboxylic acids is 2. The van der Waals surface area contributed by atoms with Gasteiger partial charge in [0, 0.05) is 23.8 Å². The second-order valence-electron chi connectivity index (χ2n) is 13.7. The molecule has 4 N–H and O–H groups in total. The van der Waals surface area contributed by atoms with Crippen molar-refractivity contribution in [2.24, 2.45) is 39.4 Å². The molecular formula is C30H44O7. The summed E-state index contributed by atoms with van der Waals surface area (Å²) in [4.78, 5) is 37.9. The van der Waals surface area contributed by atoms with Gasteiger partial charge in [0.15, 0.2) is 11.6 Å². The van der Waals surface area contributed by atoms with E-state index in [4.69, 9.17) is 5.11 Å². The number of aliphatic carboxylic acids is 1. The summed E-state index contributed by atoms with van der Waals surface area (Å²) >= 11 is 0. The first-order valence-electron chi connectivity index (χ1n) is 13.7. The van der Waals surface area contributed by atoms with Crippen molar-refractivity contribution in [2.75, 3.05) is 0 Å². The van der Waals surface area contributed by atoms with Crippen molar-refractivity contribution < 1.29 is 34.8 Å². The lowest BCUT2D eigenvalue weighted by Crippen LogP contribution is -2.60.